The highest BCUT2D eigenvalue weighted by atomic mass is 32.2. The highest BCUT2D eigenvalue weighted by molar-refractivity contribution is 7.98. The fourth-order valence-electron chi connectivity index (χ4n) is 0.959. The largest absolute Gasteiger partial charge is 0.338 e. The maximum absolute atomic E-state index is 5.76. The van der Waals surface area contributed by atoms with E-state index in [2.05, 4.69) is 17.1 Å². The molecular formula is C9H17N3OS. The Hall–Kier alpha value is -0.550. The van der Waals surface area contributed by atoms with Crippen molar-refractivity contribution in [3.63, 3.8) is 0 Å². The van der Waals surface area contributed by atoms with Crippen LogP contribution in [0.4, 0.5) is 0 Å². The molecule has 0 spiro atoms. The Kier molecular flexibility index (Phi) is 4.97. The summed E-state index contributed by atoms with van der Waals surface area (Å²) in [5.74, 6) is 3.25. The Labute approximate surface area is 88.6 Å². The maximum Gasteiger partial charge on any atom is 0.243 e. The molecule has 0 amide bonds. The number of nitrogens with zero attached hydrogens (tertiary/aromatic N) is 2. The van der Waals surface area contributed by atoms with Gasteiger partial charge in [0.15, 0.2) is 5.82 Å². The molecule has 0 fully saturated rings. The van der Waals surface area contributed by atoms with Gasteiger partial charge in [-0.3, -0.25) is 0 Å². The molecule has 0 saturated carbocycles. The second kappa shape index (κ2) is 6.03. The molecule has 5 heteroatoms. The van der Waals surface area contributed by atoms with E-state index >= 15 is 0 Å². The van der Waals surface area contributed by atoms with E-state index in [1.54, 1.807) is 0 Å². The summed E-state index contributed by atoms with van der Waals surface area (Å²) < 4.78 is 5.05. The van der Waals surface area contributed by atoms with Crippen LogP contribution in [-0.2, 0) is 5.75 Å². The molecule has 1 aromatic rings. The Morgan fingerprint density at radius 3 is 2.93 bits per heavy atom. The third-order valence-electron chi connectivity index (χ3n) is 1.82. The first-order valence-electron chi connectivity index (χ1n) is 4.93. The lowest BCUT2D eigenvalue weighted by molar-refractivity contribution is 0.349. The van der Waals surface area contributed by atoms with Gasteiger partial charge in [-0.2, -0.15) is 16.7 Å². The van der Waals surface area contributed by atoms with E-state index in [0.717, 1.165) is 23.8 Å². The van der Waals surface area contributed by atoms with Crippen molar-refractivity contribution in [1.29, 1.82) is 0 Å². The number of nitrogens with two attached hydrogens (primary N) is 1. The molecule has 2 N–H and O–H groups in total. The Morgan fingerprint density at radius 2 is 2.29 bits per heavy atom. The van der Waals surface area contributed by atoms with Gasteiger partial charge in [0.2, 0.25) is 5.89 Å². The molecule has 4 nitrogen and oxygen atoms in total. The summed E-state index contributed by atoms with van der Waals surface area (Å²) in [6.07, 6.45) is 1.99. The normalized spacial score (nSPS) is 13.1. The predicted octanol–water partition coefficient (Wildman–Crippen LogP) is 2.12. The molecule has 80 valence electrons. The first-order chi connectivity index (χ1) is 6.77. The van der Waals surface area contributed by atoms with Gasteiger partial charge in [0.1, 0.15) is 0 Å². The summed E-state index contributed by atoms with van der Waals surface area (Å²) in [5.41, 5.74) is 5.76. The highest BCUT2D eigenvalue weighted by Gasteiger charge is 2.12. The summed E-state index contributed by atoms with van der Waals surface area (Å²) in [7, 11) is 0. The van der Waals surface area contributed by atoms with Crippen molar-refractivity contribution in [3.05, 3.63) is 11.7 Å². The SMILES string of the molecule is CCCSCc1noc([C@H](N)CC)n1. The van der Waals surface area contributed by atoms with Crippen molar-refractivity contribution in [2.24, 2.45) is 5.73 Å². The molecule has 1 rings (SSSR count). The molecule has 0 bridgehead atoms. The van der Waals surface area contributed by atoms with Crippen LogP contribution in [-0.4, -0.2) is 15.9 Å². The summed E-state index contributed by atoms with van der Waals surface area (Å²) in [6.45, 7) is 4.15. The first kappa shape index (κ1) is 11.5. The molecule has 1 aromatic heterocycles. The van der Waals surface area contributed by atoms with Crippen LogP contribution < -0.4 is 5.73 Å². The Bertz CT molecular complexity index is 264. The lowest BCUT2D eigenvalue weighted by Gasteiger charge is -1.99. The molecule has 1 atom stereocenters. The quantitative estimate of drug-likeness (QED) is 0.736. The van der Waals surface area contributed by atoms with Gasteiger partial charge in [0.25, 0.3) is 0 Å². The minimum atomic E-state index is -0.118. The van der Waals surface area contributed by atoms with Crippen molar-refractivity contribution in [1.82, 2.24) is 10.1 Å². The van der Waals surface area contributed by atoms with Crippen molar-refractivity contribution in [2.45, 2.75) is 38.5 Å². The molecule has 0 aromatic carbocycles. The van der Waals surface area contributed by atoms with Crippen LogP contribution >= 0.6 is 11.8 Å². The third-order valence-corrected chi connectivity index (χ3v) is 2.98. The summed E-state index contributed by atoms with van der Waals surface area (Å²) in [5, 5.41) is 3.87. The molecule has 14 heavy (non-hydrogen) atoms. The fraction of sp³-hybridized carbons (Fsp3) is 0.778. The lowest BCUT2D eigenvalue weighted by atomic mass is 10.2. The summed E-state index contributed by atoms with van der Waals surface area (Å²) in [4.78, 5) is 4.23. The van der Waals surface area contributed by atoms with E-state index in [0.29, 0.717) is 5.89 Å². The van der Waals surface area contributed by atoms with Gasteiger partial charge < -0.3 is 10.3 Å². The maximum atomic E-state index is 5.76. The minimum Gasteiger partial charge on any atom is -0.338 e. The zero-order valence-corrected chi connectivity index (χ0v) is 9.51. The van der Waals surface area contributed by atoms with Crippen molar-refractivity contribution >= 4 is 11.8 Å². The molecule has 0 unspecified atom stereocenters. The van der Waals surface area contributed by atoms with Gasteiger partial charge in [0.05, 0.1) is 11.8 Å². The van der Waals surface area contributed by atoms with E-state index in [4.69, 9.17) is 10.3 Å². The molecule has 0 radical (unpaired) electrons. The summed E-state index contributed by atoms with van der Waals surface area (Å²) in [6, 6.07) is -0.118. The van der Waals surface area contributed by atoms with Crippen LogP contribution in [0.2, 0.25) is 0 Å². The molecule has 0 saturated heterocycles. The average molecular weight is 215 g/mol. The van der Waals surface area contributed by atoms with Crippen LogP contribution in [0.5, 0.6) is 0 Å². The number of hydrogen-bond acceptors (Lipinski definition) is 5. The molecule has 0 aliphatic rings. The van der Waals surface area contributed by atoms with Crippen molar-refractivity contribution < 1.29 is 4.52 Å². The second-order valence-corrected chi connectivity index (χ2v) is 4.22. The zero-order chi connectivity index (χ0) is 10.4. The molecule has 0 aliphatic carbocycles. The summed E-state index contributed by atoms with van der Waals surface area (Å²) >= 11 is 1.81. The first-order valence-corrected chi connectivity index (χ1v) is 6.09. The van der Waals surface area contributed by atoms with Crippen LogP contribution in [0.1, 0.15) is 44.4 Å². The Morgan fingerprint density at radius 1 is 1.50 bits per heavy atom. The van der Waals surface area contributed by atoms with Gasteiger partial charge in [-0.25, -0.2) is 0 Å². The van der Waals surface area contributed by atoms with Crippen LogP contribution in [0.3, 0.4) is 0 Å². The minimum absolute atomic E-state index is 0.118. The van der Waals surface area contributed by atoms with Gasteiger partial charge in [0, 0.05) is 0 Å². The van der Waals surface area contributed by atoms with Gasteiger partial charge in [-0.1, -0.05) is 19.0 Å². The third kappa shape index (κ3) is 3.31. The number of hydrogen-bond donors (Lipinski definition) is 1. The second-order valence-electron chi connectivity index (χ2n) is 3.12. The van der Waals surface area contributed by atoms with E-state index in [9.17, 15) is 0 Å². The average Bonchev–Trinajstić information content (AvgIpc) is 2.66. The van der Waals surface area contributed by atoms with E-state index in [-0.39, 0.29) is 6.04 Å². The fourth-order valence-corrected chi connectivity index (χ4v) is 1.69. The molecule has 1 heterocycles. The number of aromatic nitrogens is 2. The monoisotopic (exact) mass is 215 g/mol. The molecular weight excluding hydrogens is 198 g/mol. The van der Waals surface area contributed by atoms with Gasteiger partial charge >= 0.3 is 0 Å². The standard InChI is InChI=1S/C9H17N3OS/c1-3-5-14-6-8-11-9(13-12-8)7(10)4-2/h7H,3-6,10H2,1-2H3/t7-/m1/s1. The van der Waals surface area contributed by atoms with E-state index in [1.165, 1.54) is 6.42 Å². The van der Waals surface area contributed by atoms with E-state index < -0.39 is 0 Å². The Balaban J connectivity index is 2.42. The predicted molar refractivity (Wildman–Crippen MR) is 58.0 cm³/mol. The smallest absolute Gasteiger partial charge is 0.243 e. The number of rotatable bonds is 6. The van der Waals surface area contributed by atoms with E-state index in [1.807, 2.05) is 18.7 Å². The van der Waals surface area contributed by atoms with Crippen molar-refractivity contribution in [2.75, 3.05) is 5.75 Å². The van der Waals surface area contributed by atoms with Crippen LogP contribution in [0, 0.1) is 0 Å². The van der Waals surface area contributed by atoms with Gasteiger partial charge in [-0.15, -0.1) is 0 Å². The van der Waals surface area contributed by atoms with Crippen LogP contribution in [0.15, 0.2) is 4.52 Å². The van der Waals surface area contributed by atoms with Gasteiger partial charge in [-0.05, 0) is 18.6 Å². The van der Waals surface area contributed by atoms with Crippen molar-refractivity contribution in [3.8, 4) is 0 Å². The van der Waals surface area contributed by atoms with Crippen LogP contribution in [0.25, 0.3) is 0 Å². The lowest BCUT2D eigenvalue weighted by Crippen LogP contribution is -2.08. The highest BCUT2D eigenvalue weighted by Crippen LogP contribution is 2.14. The topological polar surface area (TPSA) is 64.9 Å². The zero-order valence-electron chi connectivity index (χ0n) is 8.69. The molecule has 0 aliphatic heterocycles. The number of thioether (sulfide) groups is 1.